The first-order valence-electron chi connectivity index (χ1n) is 14.7. The number of aromatic amines is 2. The standard InChI is InChI=1S/2C17H16FN3O/c18-14-10-17(21-5-7-22-8-6-21)19-11-13(14)16-9-12-3-1-2-4-15(12)20-16;18-13-10-15(16-9-12-3-1-2-4-14(12)20-16)19-11-17(13)21-5-7-22-8-6-21/h2*1-4,9-11,20H,5-8H2. The van der Waals surface area contributed by atoms with Gasteiger partial charge < -0.3 is 29.2 Å². The molecule has 0 radical (unpaired) electrons. The molecular formula is C34H32F2N6O2. The zero-order chi connectivity index (χ0) is 29.9. The van der Waals surface area contributed by atoms with Gasteiger partial charge in [-0.3, -0.25) is 4.98 Å². The molecule has 0 aliphatic carbocycles. The van der Waals surface area contributed by atoms with E-state index in [9.17, 15) is 8.78 Å². The lowest BCUT2D eigenvalue weighted by Crippen LogP contribution is -2.36. The molecule has 2 saturated heterocycles. The number of hydrogen-bond acceptors (Lipinski definition) is 6. The van der Waals surface area contributed by atoms with Gasteiger partial charge >= 0.3 is 0 Å². The van der Waals surface area contributed by atoms with E-state index in [1.165, 1.54) is 12.1 Å². The van der Waals surface area contributed by atoms with Gasteiger partial charge in [-0.15, -0.1) is 0 Å². The summed E-state index contributed by atoms with van der Waals surface area (Å²) in [6, 6.07) is 22.8. The summed E-state index contributed by atoms with van der Waals surface area (Å²) in [6.07, 6.45) is 3.21. The van der Waals surface area contributed by atoms with E-state index in [0.717, 1.165) is 46.3 Å². The molecular weight excluding hydrogens is 562 g/mol. The minimum absolute atomic E-state index is 0.245. The van der Waals surface area contributed by atoms with Crippen LogP contribution in [0.25, 0.3) is 44.5 Å². The second-order valence-corrected chi connectivity index (χ2v) is 10.8. The average molecular weight is 595 g/mol. The maximum absolute atomic E-state index is 14.5. The number of aromatic nitrogens is 4. The van der Waals surface area contributed by atoms with Crippen LogP contribution < -0.4 is 9.80 Å². The summed E-state index contributed by atoms with van der Waals surface area (Å²) in [4.78, 5) is 19.4. The Morgan fingerprint density at radius 3 is 1.82 bits per heavy atom. The summed E-state index contributed by atoms with van der Waals surface area (Å²) >= 11 is 0. The highest BCUT2D eigenvalue weighted by molar-refractivity contribution is 5.86. The van der Waals surface area contributed by atoms with E-state index < -0.39 is 0 Å². The quantitative estimate of drug-likeness (QED) is 0.246. The Balaban J connectivity index is 0.000000142. The van der Waals surface area contributed by atoms with Crippen molar-refractivity contribution in [2.24, 2.45) is 0 Å². The van der Waals surface area contributed by atoms with Crippen LogP contribution in [0.3, 0.4) is 0 Å². The molecule has 224 valence electrons. The second-order valence-electron chi connectivity index (χ2n) is 10.8. The lowest BCUT2D eigenvalue weighted by molar-refractivity contribution is 0.122. The summed E-state index contributed by atoms with van der Waals surface area (Å²) < 4.78 is 39.5. The summed E-state index contributed by atoms with van der Waals surface area (Å²) in [5, 5.41) is 2.16. The van der Waals surface area contributed by atoms with Gasteiger partial charge in [0.15, 0.2) is 0 Å². The van der Waals surface area contributed by atoms with Crippen molar-refractivity contribution in [3.63, 3.8) is 0 Å². The van der Waals surface area contributed by atoms with Gasteiger partial charge in [-0.05, 0) is 24.3 Å². The predicted molar refractivity (Wildman–Crippen MR) is 169 cm³/mol. The normalized spacial score (nSPS) is 15.4. The van der Waals surface area contributed by atoms with E-state index in [4.69, 9.17) is 9.47 Å². The van der Waals surface area contributed by atoms with E-state index in [0.29, 0.717) is 62.3 Å². The van der Waals surface area contributed by atoms with Gasteiger partial charge in [0, 0.05) is 66.3 Å². The first-order valence-corrected chi connectivity index (χ1v) is 14.7. The Morgan fingerprint density at radius 1 is 0.614 bits per heavy atom. The Labute approximate surface area is 253 Å². The zero-order valence-electron chi connectivity index (χ0n) is 24.1. The summed E-state index contributed by atoms with van der Waals surface area (Å²) in [5.74, 6) is 0.161. The van der Waals surface area contributed by atoms with Crippen LogP contribution in [0.4, 0.5) is 20.3 Å². The van der Waals surface area contributed by atoms with Gasteiger partial charge in [-0.1, -0.05) is 36.4 Å². The molecule has 2 fully saturated rings. The van der Waals surface area contributed by atoms with Gasteiger partial charge in [0.25, 0.3) is 0 Å². The lowest BCUT2D eigenvalue weighted by Gasteiger charge is -2.28. The highest BCUT2D eigenvalue weighted by atomic mass is 19.1. The van der Waals surface area contributed by atoms with Crippen molar-refractivity contribution in [2.45, 2.75) is 0 Å². The summed E-state index contributed by atoms with van der Waals surface area (Å²) in [5.41, 5.74) is 5.25. The van der Waals surface area contributed by atoms with Crippen LogP contribution >= 0.6 is 0 Å². The molecule has 0 amide bonds. The number of ether oxygens (including phenoxy) is 2. The molecule has 8 nitrogen and oxygen atoms in total. The smallest absolute Gasteiger partial charge is 0.150 e. The number of fused-ring (bicyclic) bond motifs is 2. The van der Waals surface area contributed by atoms with Crippen molar-refractivity contribution in [1.82, 2.24) is 19.9 Å². The average Bonchev–Trinajstić information content (AvgIpc) is 3.71. The number of nitrogens with one attached hydrogen (secondary N) is 2. The topological polar surface area (TPSA) is 82.3 Å². The van der Waals surface area contributed by atoms with Gasteiger partial charge in [-0.2, -0.15) is 0 Å². The first-order chi connectivity index (χ1) is 21.6. The van der Waals surface area contributed by atoms with Gasteiger partial charge in [0.2, 0.25) is 0 Å². The summed E-state index contributed by atoms with van der Waals surface area (Å²) in [7, 11) is 0. The van der Waals surface area contributed by atoms with Crippen LogP contribution in [0, 0.1) is 11.6 Å². The van der Waals surface area contributed by atoms with Crippen LogP contribution in [-0.2, 0) is 9.47 Å². The molecule has 4 aromatic heterocycles. The SMILES string of the molecule is Fc1cc(-c2cc3ccccc3[nH]2)ncc1N1CCOCC1.Fc1cc(N2CCOCC2)ncc1-c1cc2ccccc2[nH]1. The monoisotopic (exact) mass is 594 g/mol. The molecule has 2 N–H and O–H groups in total. The highest BCUT2D eigenvalue weighted by Crippen LogP contribution is 2.29. The Kier molecular flexibility index (Phi) is 7.91. The number of H-pyrrole nitrogens is 2. The van der Waals surface area contributed by atoms with E-state index in [2.05, 4.69) is 19.9 Å². The third kappa shape index (κ3) is 5.86. The number of rotatable bonds is 4. The number of para-hydroxylation sites is 2. The molecule has 0 saturated carbocycles. The number of halogens is 2. The van der Waals surface area contributed by atoms with E-state index in [1.54, 1.807) is 12.4 Å². The summed E-state index contributed by atoms with van der Waals surface area (Å²) in [6.45, 7) is 5.47. The van der Waals surface area contributed by atoms with Crippen LogP contribution in [0.2, 0.25) is 0 Å². The van der Waals surface area contributed by atoms with Crippen LogP contribution in [-0.4, -0.2) is 72.5 Å². The third-order valence-electron chi connectivity index (χ3n) is 7.99. The number of morpholine rings is 2. The van der Waals surface area contributed by atoms with Crippen molar-refractivity contribution in [1.29, 1.82) is 0 Å². The number of anilines is 2. The second kappa shape index (κ2) is 12.4. The molecule has 0 atom stereocenters. The van der Waals surface area contributed by atoms with Crippen molar-refractivity contribution < 1.29 is 18.3 Å². The maximum Gasteiger partial charge on any atom is 0.150 e. The van der Waals surface area contributed by atoms with Crippen molar-refractivity contribution in [3.8, 4) is 22.6 Å². The molecule has 8 rings (SSSR count). The van der Waals surface area contributed by atoms with Gasteiger partial charge in [-0.25, -0.2) is 13.8 Å². The molecule has 0 unspecified atom stereocenters. The highest BCUT2D eigenvalue weighted by Gasteiger charge is 2.18. The molecule has 2 aromatic carbocycles. The van der Waals surface area contributed by atoms with Crippen molar-refractivity contribution >= 4 is 33.3 Å². The molecule has 2 aliphatic rings. The molecule has 10 heteroatoms. The number of pyridine rings is 2. The minimum Gasteiger partial charge on any atom is -0.378 e. The number of nitrogens with zero attached hydrogens (tertiary/aromatic N) is 4. The van der Waals surface area contributed by atoms with Crippen LogP contribution in [0.15, 0.2) is 85.2 Å². The van der Waals surface area contributed by atoms with Crippen molar-refractivity contribution in [2.75, 3.05) is 62.4 Å². The third-order valence-corrected chi connectivity index (χ3v) is 7.99. The fourth-order valence-electron chi connectivity index (χ4n) is 5.62. The lowest BCUT2D eigenvalue weighted by atomic mass is 10.2. The van der Waals surface area contributed by atoms with Crippen LogP contribution in [0.1, 0.15) is 0 Å². The molecule has 6 aromatic rings. The van der Waals surface area contributed by atoms with E-state index in [-0.39, 0.29) is 11.6 Å². The maximum atomic E-state index is 14.5. The molecule has 0 bridgehead atoms. The van der Waals surface area contributed by atoms with Crippen LogP contribution in [0.5, 0.6) is 0 Å². The molecule has 44 heavy (non-hydrogen) atoms. The fraction of sp³-hybridized carbons (Fsp3) is 0.235. The number of benzene rings is 2. The molecule has 2 aliphatic heterocycles. The predicted octanol–water partition coefficient (Wildman–Crippen LogP) is 6.41. The Bertz CT molecular complexity index is 1830. The van der Waals surface area contributed by atoms with E-state index in [1.807, 2.05) is 70.5 Å². The van der Waals surface area contributed by atoms with Gasteiger partial charge in [0.05, 0.1) is 61.0 Å². The largest absolute Gasteiger partial charge is 0.378 e. The molecule has 6 heterocycles. The molecule has 0 spiro atoms. The fourth-order valence-corrected chi connectivity index (χ4v) is 5.62. The zero-order valence-corrected chi connectivity index (χ0v) is 24.1. The number of hydrogen-bond donors (Lipinski definition) is 2. The van der Waals surface area contributed by atoms with Gasteiger partial charge in [0.1, 0.15) is 17.5 Å². The minimum atomic E-state index is -0.261. The first kappa shape index (κ1) is 28.0. The van der Waals surface area contributed by atoms with Crippen molar-refractivity contribution in [3.05, 3.63) is 96.8 Å². The Morgan fingerprint density at radius 2 is 1.20 bits per heavy atom. The Hall–Kier alpha value is -4.80. The van der Waals surface area contributed by atoms with E-state index >= 15 is 0 Å².